The van der Waals surface area contributed by atoms with E-state index in [1.54, 1.807) is 13.0 Å². The molecule has 0 radical (unpaired) electrons. The highest BCUT2D eigenvalue weighted by atomic mass is 16.5. The average molecular weight is 220 g/mol. The number of aromatic carboxylic acids is 1. The summed E-state index contributed by atoms with van der Waals surface area (Å²) in [6, 6.07) is 3.57. The molecular weight excluding hydrogens is 204 g/mol. The summed E-state index contributed by atoms with van der Waals surface area (Å²) in [5.41, 5.74) is 1.98. The van der Waals surface area contributed by atoms with E-state index in [-0.39, 0.29) is 5.60 Å². The highest BCUT2D eigenvalue weighted by molar-refractivity contribution is 5.90. The Kier molecular flexibility index (Phi) is 2.41. The third-order valence-corrected chi connectivity index (χ3v) is 3.02. The van der Waals surface area contributed by atoms with E-state index in [0.29, 0.717) is 5.56 Å². The molecule has 86 valence electrons. The summed E-state index contributed by atoms with van der Waals surface area (Å²) in [5.74, 6) is -0.0381. The first-order chi connectivity index (χ1) is 7.39. The number of rotatable bonds is 1. The van der Waals surface area contributed by atoms with Gasteiger partial charge in [0.15, 0.2) is 0 Å². The Hall–Kier alpha value is -1.51. The largest absolute Gasteiger partial charge is 0.488 e. The number of aryl methyl sites for hydroxylation is 2. The monoisotopic (exact) mass is 220 g/mol. The van der Waals surface area contributed by atoms with Gasteiger partial charge in [-0.2, -0.15) is 0 Å². The van der Waals surface area contributed by atoms with Gasteiger partial charge in [0.25, 0.3) is 0 Å². The zero-order valence-electron chi connectivity index (χ0n) is 9.83. The van der Waals surface area contributed by atoms with Gasteiger partial charge in [-0.3, -0.25) is 0 Å². The number of hydrogen-bond acceptors (Lipinski definition) is 2. The first kappa shape index (κ1) is 11.0. The summed E-state index contributed by atoms with van der Waals surface area (Å²) in [7, 11) is 0. The molecule has 0 aromatic heterocycles. The van der Waals surface area contributed by atoms with Crippen molar-refractivity contribution >= 4 is 5.97 Å². The van der Waals surface area contributed by atoms with E-state index in [9.17, 15) is 4.79 Å². The summed E-state index contributed by atoms with van der Waals surface area (Å²) >= 11 is 0. The first-order valence-electron chi connectivity index (χ1n) is 5.45. The molecule has 16 heavy (non-hydrogen) atoms. The molecule has 0 saturated carbocycles. The number of ether oxygens (including phenoxy) is 1. The highest BCUT2D eigenvalue weighted by Crippen LogP contribution is 2.34. The topological polar surface area (TPSA) is 46.5 Å². The lowest BCUT2D eigenvalue weighted by atomic mass is 9.92. The standard InChI is InChI=1S/C13H16O3/c1-8-6-11-9(7-10(8)12(14)15)4-5-13(2,3)16-11/h6-7H,4-5H2,1-3H3,(H,14,15). The van der Waals surface area contributed by atoms with Gasteiger partial charge in [-0.15, -0.1) is 0 Å². The molecule has 1 aromatic rings. The number of hydrogen-bond donors (Lipinski definition) is 1. The van der Waals surface area contributed by atoms with Crippen molar-refractivity contribution in [1.82, 2.24) is 0 Å². The first-order valence-corrected chi connectivity index (χ1v) is 5.45. The van der Waals surface area contributed by atoms with E-state index in [1.165, 1.54) is 0 Å². The van der Waals surface area contributed by atoms with Gasteiger partial charge in [0.05, 0.1) is 5.56 Å². The molecule has 0 amide bonds. The van der Waals surface area contributed by atoms with Gasteiger partial charge in [-0.1, -0.05) is 0 Å². The Bertz CT molecular complexity index is 447. The van der Waals surface area contributed by atoms with Crippen LogP contribution in [0.15, 0.2) is 12.1 Å². The Morgan fingerprint density at radius 1 is 1.44 bits per heavy atom. The van der Waals surface area contributed by atoms with Crippen molar-refractivity contribution in [2.24, 2.45) is 0 Å². The SMILES string of the molecule is Cc1cc2c(cc1C(=O)O)CCC(C)(C)O2. The second-order valence-electron chi connectivity index (χ2n) is 4.94. The third kappa shape index (κ3) is 1.90. The summed E-state index contributed by atoms with van der Waals surface area (Å²) in [4.78, 5) is 11.0. The number of carbonyl (C=O) groups is 1. The molecule has 1 aromatic carbocycles. The van der Waals surface area contributed by atoms with E-state index in [1.807, 2.05) is 6.07 Å². The molecule has 1 N–H and O–H groups in total. The molecule has 3 nitrogen and oxygen atoms in total. The molecule has 1 heterocycles. The van der Waals surface area contributed by atoms with Crippen LogP contribution in [-0.4, -0.2) is 16.7 Å². The lowest BCUT2D eigenvalue weighted by Gasteiger charge is -2.33. The Morgan fingerprint density at radius 3 is 2.75 bits per heavy atom. The molecule has 0 saturated heterocycles. The summed E-state index contributed by atoms with van der Waals surface area (Å²) < 4.78 is 5.84. The van der Waals surface area contributed by atoms with Crippen LogP contribution in [0, 0.1) is 6.92 Å². The molecule has 0 fully saturated rings. The normalized spacial score (nSPS) is 17.4. The van der Waals surface area contributed by atoms with Gasteiger partial charge in [-0.05, 0) is 56.9 Å². The van der Waals surface area contributed by atoms with E-state index in [4.69, 9.17) is 9.84 Å². The quantitative estimate of drug-likeness (QED) is 0.791. The summed E-state index contributed by atoms with van der Waals surface area (Å²) in [5, 5.41) is 9.03. The number of fused-ring (bicyclic) bond motifs is 1. The molecule has 1 aliphatic heterocycles. The van der Waals surface area contributed by atoms with E-state index in [0.717, 1.165) is 29.7 Å². The third-order valence-electron chi connectivity index (χ3n) is 3.02. The molecule has 0 spiro atoms. The van der Waals surface area contributed by atoms with Crippen LogP contribution < -0.4 is 4.74 Å². The van der Waals surface area contributed by atoms with Crippen molar-refractivity contribution in [3.05, 3.63) is 28.8 Å². The van der Waals surface area contributed by atoms with Gasteiger partial charge >= 0.3 is 5.97 Å². The van der Waals surface area contributed by atoms with Crippen LogP contribution in [0.3, 0.4) is 0 Å². The Labute approximate surface area is 95.0 Å². The van der Waals surface area contributed by atoms with Crippen molar-refractivity contribution < 1.29 is 14.6 Å². The second-order valence-corrected chi connectivity index (χ2v) is 4.94. The van der Waals surface area contributed by atoms with Gasteiger partial charge < -0.3 is 9.84 Å². The number of carboxylic acids is 1. The van der Waals surface area contributed by atoms with Gasteiger partial charge in [0.2, 0.25) is 0 Å². The minimum absolute atomic E-state index is 0.149. The zero-order chi connectivity index (χ0) is 11.9. The van der Waals surface area contributed by atoms with Gasteiger partial charge in [0.1, 0.15) is 11.4 Å². The van der Waals surface area contributed by atoms with Crippen LogP contribution in [0.2, 0.25) is 0 Å². The number of carboxylic acid groups (broad SMARTS) is 1. The fraction of sp³-hybridized carbons (Fsp3) is 0.462. The smallest absolute Gasteiger partial charge is 0.335 e. The van der Waals surface area contributed by atoms with Crippen LogP contribution in [0.4, 0.5) is 0 Å². The Balaban J connectivity index is 2.46. The van der Waals surface area contributed by atoms with Crippen molar-refractivity contribution in [2.75, 3.05) is 0 Å². The van der Waals surface area contributed by atoms with Crippen LogP contribution >= 0.6 is 0 Å². The second kappa shape index (κ2) is 3.51. The van der Waals surface area contributed by atoms with Crippen LogP contribution in [0.5, 0.6) is 5.75 Å². The molecule has 0 aliphatic carbocycles. The fourth-order valence-corrected chi connectivity index (χ4v) is 2.03. The van der Waals surface area contributed by atoms with Crippen LogP contribution in [0.1, 0.15) is 41.8 Å². The zero-order valence-corrected chi connectivity index (χ0v) is 9.83. The fourth-order valence-electron chi connectivity index (χ4n) is 2.03. The molecule has 1 aliphatic rings. The van der Waals surface area contributed by atoms with Crippen molar-refractivity contribution in [3.8, 4) is 5.75 Å². The molecule has 2 rings (SSSR count). The van der Waals surface area contributed by atoms with E-state index in [2.05, 4.69) is 13.8 Å². The predicted octanol–water partition coefficient (Wildman–Crippen LogP) is 2.80. The summed E-state index contributed by atoms with van der Waals surface area (Å²) in [6.07, 6.45) is 1.80. The lowest BCUT2D eigenvalue weighted by molar-refractivity contribution is 0.0694. The van der Waals surface area contributed by atoms with Gasteiger partial charge in [-0.25, -0.2) is 4.79 Å². The minimum atomic E-state index is -0.870. The van der Waals surface area contributed by atoms with Crippen LogP contribution in [0.25, 0.3) is 0 Å². The maximum atomic E-state index is 11.0. The number of benzene rings is 1. The molecule has 0 unspecified atom stereocenters. The van der Waals surface area contributed by atoms with E-state index >= 15 is 0 Å². The highest BCUT2D eigenvalue weighted by Gasteiger charge is 2.27. The predicted molar refractivity (Wildman–Crippen MR) is 61.2 cm³/mol. The molecular formula is C13H16O3. The maximum absolute atomic E-state index is 11.0. The molecule has 0 atom stereocenters. The van der Waals surface area contributed by atoms with E-state index < -0.39 is 5.97 Å². The average Bonchev–Trinajstić information content (AvgIpc) is 2.14. The summed E-state index contributed by atoms with van der Waals surface area (Å²) in [6.45, 7) is 5.90. The molecule has 3 heteroatoms. The maximum Gasteiger partial charge on any atom is 0.335 e. The van der Waals surface area contributed by atoms with Crippen LogP contribution in [-0.2, 0) is 6.42 Å². The van der Waals surface area contributed by atoms with Gasteiger partial charge in [0, 0.05) is 0 Å². The van der Waals surface area contributed by atoms with Crippen molar-refractivity contribution in [1.29, 1.82) is 0 Å². The lowest BCUT2D eigenvalue weighted by Crippen LogP contribution is -2.32. The van der Waals surface area contributed by atoms with Crippen molar-refractivity contribution in [3.63, 3.8) is 0 Å². The Morgan fingerprint density at radius 2 is 2.12 bits per heavy atom. The minimum Gasteiger partial charge on any atom is -0.488 e. The van der Waals surface area contributed by atoms with Crippen molar-refractivity contribution in [2.45, 2.75) is 39.2 Å². The molecule has 0 bridgehead atoms.